The minimum absolute atomic E-state index is 0.00428. The normalized spacial score (nSPS) is 30.3. The molecule has 118 valence electrons. The van der Waals surface area contributed by atoms with Gasteiger partial charge >= 0.3 is 0 Å². The third kappa shape index (κ3) is 3.71. The highest BCUT2D eigenvalue weighted by Gasteiger charge is 2.39. The van der Waals surface area contributed by atoms with E-state index in [1.54, 1.807) is 0 Å². The van der Waals surface area contributed by atoms with E-state index in [4.69, 9.17) is 0 Å². The van der Waals surface area contributed by atoms with Crippen molar-refractivity contribution in [2.45, 2.75) is 46.0 Å². The van der Waals surface area contributed by atoms with Crippen LogP contribution in [0.3, 0.4) is 0 Å². The summed E-state index contributed by atoms with van der Waals surface area (Å²) in [5, 5.41) is 0. The first-order valence-electron chi connectivity index (χ1n) is 8.02. The first kappa shape index (κ1) is 16.6. The molecule has 1 unspecified atom stereocenters. The van der Waals surface area contributed by atoms with Crippen LogP contribution in [-0.4, -0.2) is 35.2 Å². The minimum atomic E-state index is -0.138. The molecule has 2 amide bonds. The average Bonchev–Trinajstić information content (AvgIpc) is 2.74. The van der Waals surface area contributed by atoms with E-state index >= 15 is 0 Å². The molecule has 0 N–H and O–H groups in total. The molecule has 0 bridgehead atoms. The van der Waals surface area contributed by atoms with Gasteiger partial charge in [0.2, 0.25) is 11.8 Å². The summed E-state index contributed by atoms with van der Waals surface area (Å²) in [6, 6.07) is 0. The van der Waals surface area contributed by atoms with E-state index in [9.17, 15) is 14.4 Å². The summed E-state index contributed by atoms with van der Waals surface area (Å²) in [5.74, 6) is 0.869. The number of amides is 2. The largest absolute Gasteiger partial charge is 0.299 e. The Kier molecular flexibility index (Phi) is 5.54. The van der Waals surface area contributed by atoms with E-state index in [2.05, 4.69) is 9.24 Å². The van der Waals surface area contributed by atoms with Crippen molar-refractivity contribution in [2.75, 3.05) is 12.7 Å². The summed E-state index contributed by atoms with van der Waals surface area (Å²) in [6.07, 6.45) is 4.74. The summed E-state index contributed by atoms with van der Waals surface area (Å²) in [5.41, 5.74) is 0. The SMILES string of the molecule is CC(C)C(=O)C1CCC(CN2C(=O)C[C@H](CP)C2=O)CC1. The first-order valence-corrected chi connectivity index (χ1v) is 8.83. The zero-order valence-electron chi connectivity index (χ0n) is 13.0. The Morgan fingerprint density at radius 2 is 1.86 bits per heavy atom. The fourth-order valence-electron chi connectivity index (χ4n) is 3.49. The van der Waals surface area contributed by atoms with E-state index in [0.717, 1.165) is 25.7 Å². The van der Waals surface area contributed by atoms with Crippen LogP contribution in [0.4, 0.5) is 0 Å². The van der Waals surface area contributed by atoms with Crippen LogP contribution in [-0.2, 0) is 14.4 Å². The number of ketones is 1. The van der Waals surface area contributed by atoms with Crippen molar-refractivity contribution < 1.29 is 14.4 Å². The number of imide groups is 1. The third-order valence-electron chi connectivity index (χ3n) is 4.88. The van der Waals surface area contributed by atoms with Gasteiger partial charge in [0.1, 0.15) is 5.78 Å². The molecule has 21 heavy (non-hydrogen) atoms. The highest BCUT2D eigenvalue weighted by atomic mass is 31.0. The predicted molar refractivity (Wildman–Crippen MR) is 84.7 cm³/mol. The Morgan fingerprint density at radius 1 is 1.24 bits per heavy atom. The molecule has 0 spiro atoms. The Bertz CT molecular complexity index is 427. The van der Waals surface area contributed by atoms with E-state index in [0.29, 0.717) is 30.8 Å². The standard InChI is InChI=1S/C16H26NO3P/c1-10(2)15(19)12-5-3-11(4-6-12)8-17-14(18)7-13(9-21)16(17)20/h10-13H,3-9,21H2,1-2H3/t11?,12?,13-/m1/s1. The second-order valence-electron chi connectivity index (χ2n) is 6.75. The monoisotopic (exact) mass is 311 g/mol. The van der Waals surface area contributed by atoms with Crippen molar-refractivity contribution in [2.24, 2.45) is 23.7 Å². The quantitative estimate of drug-likeness (QED) is 0.578. The van der Waals surface area contributed by atoms with Crippen LogP contribution in [0.5, 0.6) is 0 Å². The fourth-order valence-corrected chi connectivity index (χ4v) is 3.85. The first-order chi connectivity index (χ1) is 9.93. The second-order valence-corrected chi connectivity index (χ2v) is 7.23. The van der Waals surface area contributed by atoms with Gasteiger partial charge in [0.15, 0.2) is 0 Å². The fraction of sp³-hybridized carbons (Fsp3) is 0.812. The number of Topliss-reactive ketones (excluding diaryl/α,β-unsaturated/α-hetero) is 1. The van der Waals surface area contributed by atoms with E-state index in [1.807, 2.05) is 13.8 Å². The molecule has 4 nitrogen and oxygen atoms in total. The Labute approximate surface area is 129 Å². The number of carbonyl (C=O) groups excluding carboxylic acids is 3. The molecule has 2 atom stereocenters. The van der Waals surface area contributed by atoms with Crippen molar-refractivity contribution in [3.63, 3.8) is 0 Å². The molecule has 1 saturated heterocycles. The molecule has 0 radical (unpaired) electrons. The van der Waals surface area contributed by atoms with Crippen LogP contribution >= 0.6 is 9.24 Å². The van der Waals surface area contributed by atoms with Crippen LogP contribution in [0.25, 0.3) is 0 Å². The number of likely N-dealkylation sites (tertiary alicyclic amines) is 1. The highest BCUT2D eigenvalue weighted by molar-refractivity contribution is 7.16. The van der Waals surface area contributed by atoms with Crippen LogP contribution in [0, 0.1) is 23.7 Å². The van der Waals surface area contributed by atoms with Gasteiger partial charge in [-0.3, -0.25) is 19.3 Å². The molecule has 2 fully saturated rings. The molecule has 0 aromatic rings. The van der Waals surface area contributed by atoms with Gasteiger partial charge in [-0.1, -0.05) is 13.8 Å². The minimum Gasteiger partial charge on any atom is -0.299 e. The maximum Gasteiger partial charge on any atom is 0.233 e. The van der Waals surface area contributed by atoms with Gasteiger partial charge in [-0.05, 0) is 37.8 Å². The molecule has 2 rings (SSSR count). The highest BCUT2D eigenvalue weighted by Crippen LogP contribution is 2.33. The summed E-state index contributed by atoms with van der Waals surface area (Å²) in [4.78, 5) is 37.5. The molecular formula is C16H26NO3P. The number of carbonyl (C=O) groups is 3. The molecule has 0 aromatic carbocycles. The Morgan fingerprint density at radius 3 is 2.33 bits per heavy atom. The lowest BCUT2D eigenvalue weighted by Gasteiger charge is -2.30. The van der Waals surface area contributed by atoms with Gasteiger partial charge in [-0.2, -0.15) is 0 Å². The van der Waals surface area contributed by atoms with Crippen molar-refractivity contribution in [3.8, 4) is 0 Å². The third-order valence-corrected chi connectivity index (χ3v) is 5.45. The summed E-state index contributed by atoms with van der Waals surface area (Å²) >= 11 is 0. The van der Waals surface area contributed by atoms with Crippen molar-refractivity contribution >= 4 is 26.8 Å². The Hall–Kier alpha value is -0.760. The average molecular weight is 311 g/mol. The van der Waals surface area contributed by atoms with Gasteiger partial charge in [0.05, 0.1) is 5.92 Å². The van der Waals surface area contributed by atoms with Crippen molar-refractivity contribution in [1.29, 1.82) is 0 Å². The number of nitrogens with zero attached hydrogens (tertiary/aromatic N) is 1. The van der Waals surface area contributed by atoms with Gasteiger partial charge in [-0.15, -0.1) is 9.24 Å². The second kappa shape index (κ2) is 7.00. The number of rotatable bonds is 5. The van der Waals surface area contributed by atoms with Gasteiger partial charge < -0.3 is 0 Å². The summed E-state index contributed by atoms with van der Waals surface area (Å²) in [6.45, 7) is 4.47. The summed E-state index contributed by atoms with van der Waals surface area (Å²) in [7, 11) is 2.55. The Balaban J connectivity index is 1.85. The maximum atomic E-state index is 12.1. The van der Waals surface area contributed by atoms with Crippen LogP contribution < -0.4 is 0 Å². The molecule has 5 heteroatoms. The zero-order valence-corrected chi connectivity index (χ0v) is 14.2. The molecular weight excluding hydrogens is 285 g/mol. The predicted octanol–water partition coefficient (Wildman–Crippen LogP) is 2.27. The lowest BCUT2D eigenvalue weighted by Crippen LogP contribution is -2.37. The van der Waals surface area contributed by atoms with Gasteiger partial charge in [0, 0.05) is 24.8 Å². The van der Waals surface area contributed by atoms with Crippen LogP contribution in [0.1, 0.15) is 46.0 Å². The van der Waals surface area contributed by atoms with Crippen molar-refractivity contribution in [1.82, 2.24) is 4.90 Å². The molecule has 1 heterocycles. The molecule has 1 saturated carbocycles. The summed E-state index contributed by atoms with van der Waals surface area (Å²) < 4.78 is 0. The number of hydrogen-bond acceptors (Lipinski definition) is 3. The zero-order chi connectivity index (χ0) is 15.6. The van der Waals surface area contributed by atoms with E-state index in [1.165, 1.54) is 4.90 Å². The molecule has 2 aliphatic rings. The van der Waals surface area contributed by atoms with E-state index in [-0.39, 0.29) is 29.6 Å². The molecule has 0 aromatic heterocycles. The molecule has 1 aliphatic carbocycles. The topological polar surface area (TPSA) is 54.5 Å². The van der Waals surface area contributed by atoms with Gasteiger partial charge in [-0.25, -0.2) is 0 Å². The lowest BCUT2D eigenvalue weighted by atomic mass is 9.77. The maximum absolute atomic E-state index is 12.1. The van der Waals surface area contributed by atoms with Crippen LogP contribution in [0.2, 0.25) is 0 Å². The van der Waals surface area contributed by atoms with E-state index < -0.39 is 0 Å². The molecule has 1 aliphatic heterocycles. The van der Waals surface area contributed by atoms with Crippen LogP contribution in [0.15, 0.2) is 0 Å². The van der Waals surface area contributed by atoms with Crippen molar-refractivity contribution in [3.05, 3.63) is 0 Å². The van der Waals surface area contributed by atoms with Gasteiger partial charge in [0.25, 0.3) is 0 Å². The smallest absolute Gasteiger partial charge is 0.233 e. The number of hydrogen-bond donors (Lipinski definition) is 0. The lowest BCUT2D eigenvalue weighted by molar-refractivity contribution is -0.140.